The summed E-state index contributed by atoms with van der Waals surface area (Å²) in [5.74, 6) is 0. The second-order valence-electron chi connectivity index (χ2n) is 5.11. The van der Waals surface area contributed by atoms with Crippen molar-refractivity contribution in [2.45, 2.75) is 57.8 Å². The van der Waals surface area contributed by atoms with E-state index < -0.39 is 0 Å². The number of aliphatic hydroxyl groups excluding tert-OH is 1. The Morgan fingerprint density at radius 1 is 1.50 bits per heavy atom. The fourth-order valence-corrected chi connectivity index (χ4v) is 1.70. The van der Waals surface area contributed by atoms with Gasteiger partial charge in [-0.15, -0.1) is 0 Å². The molecule has 1 aliphatic heterocycles. The van der Waals surface area contributed by atoms with Gasteiger partial charge in [-0.25, -0.2) is 0 Å². The second kappa shape index (κ2) is 5.10. The lowest BCUT2D eigenvalue weighted by Gasteiger charge is -2.23. The first-order valence-electron chi connectivity index (χ1n) is 5.53. The Labute approximate surface area is 86.8 Å². The summed E-state index contributed by atoms with van der Waals surface area (Å²) in [6, 6.07) is 0.494. The van der Waals surface area contributed by atoms with E-state index in [1.807, 2.05) is 20.8 Å². The first-order chi connectivity index (χ1) is 6.47. The molecule has 1 saturated heterocycles. The molecule has 84 valence electrons. The molecule has 0 spiro atoms. The Kier molecular flexibility index (Phi) is 4.35. The average Bonchev–Trinajstić information content (AvgIpc) is 2.52. The van der Waals surface area contributed by atoms with Gasteiger partial charge in [0.25, 0.3) is 0 Å². The molecule has 1 fully saturated rings. The van der Waals surface area contributed by atoms with Crippen molar-refractivity contribution in [3.63, 3.8) is 0 Å². The molecule has 1 rings (SSSR count). The Morgan fingerprint density at radius 2 is 2.21 bits per heavy atom. The minimum atomic E-state index is -0.329. The molecule has 2 atom stereocenters. The number of aliphatic hydroxyl groups is 1. The molecule has 0 aromatic carbocycles. The first kappa shape index (κ1) is 12.0. The monoisotopic (exact) mass is 201 g/mol. The molecule has 1 heterocycles. The van der Waals surface area contributed by atoms with Crippen LogP contribution in [-0.2, 0) is 4.74 Å². The molecule has 0 radical (unpaired) electrons. The van der Waals surface area contributed by atoms with Gasteiger partial charge in [0.05, 0.1) is 18.3 Å². The van der Waals surface area contributed by atoms with Crippen LogP contribution in [0.5, 0.6) is 0 Å². The van der Waals surface area contributed by atoms with Crippen LogP contribution in [-0.4, -0.2) is 36.0 Å². The predicted octanol–water partition coefficient (Wildman–Crippen LogP) is 1.30. The molecule has 1 aliphatic rings. The zero-order valence-electron chi connectivity index (χ0n) is 9.55. The highest BCUT2D eigenvalue weighted by Crippen LogP contribution is 2.13. The van der Waals surface area contributed by atoms with E-state index >= 15 is 0 Å². The van der Waals surface area contributed by atoms with Crippen LogP contribution in [0.4, 0.5) is 0 Å². The van der Waals surface area contributed by atoms with Gasteiger partial charge in [-0.3, -0.25) is 0 Å². The molecule has 1 unspecified atom stereocenters. The fraction of sp³-hybridized carbons (Fsp3) is 1.00. The summed E-state index contributed by atoms with van der Waals surface area (Å²) in [4.78, 5) is 0. The highest BCUT2D eigenvalue weighted by molar-refractivity contribution is 4.77. The van der Waals surface area contributed by atoms with Crippen LogP contribution < -0.4 is 5.32 Å². The second-order valence-corrected chi connectivity index (χ2v) is 5.11. The number of rotatable bonds is 4. The highest BCUT2D eigenvalue weighted by Gasteiger charge is 2.19. The molecule has 0 aromatic heterocycles. The van der Waals surface area contributed by atoms with Crippen molar-refractivity contribution in [3.8, 4) is 0 Å². The minimum Gasteiger partial charge on any atom is -0.391 e. The van der Waals surface area contributed by atoms with Crippen LogP contribution in [0.25, 0.3) is 0 Å². The van der Waals surface area contributed by atoms with Gasteiger partial charge in [0.1, 0.15) is 0 Å². The van der Waals surface area contributed by atoms with Gasteiger partial charge in [-0.2, -0.15) is 0 Å². The lowest BCUT2D eigenvalue weighted by molar-refractivity contribution is -0.0522. The summed E-state index contributed by atoms with van der Waals surface area (Å²) in [6.45, 7) is 7.56. The van der Waals surface area contributed by atoms with Crippen LogP contribution in [0.1, 0.15) is 40.0 Å². The molecule has 2 N–H and O–H groups in total. The summed E-state index contributed by atoms with van der Waals surface area (Å²) in [5.41, 5.74) is -0.149. The van der Waals surface area contributed by atoms with E-state index in [0.29, 0.717) is 12.6 Å². The van der Waals surface area contributed by atoms with Crippen LogP contribution >= 0.6 is 0 Å². The summed E-state index contributed by atoms with van der Waals surface area (Å²) < 4.78 is 5.52. The molecule has 0 saturated carbocycles. The van der Waals surface area contributed by atoms with Gasteiger partial charge in [0, 0.05) is 6.04 Å². The molecular weight excluding hydrogens is 178 g/mol. The normalized spacial score (nSPS) is 25.3. The SMILES string of the molecule is CC(C)(C)OC[C@@H](O)CC1CCCN1. The highest BCUT2D eigenvalue weighted by atomic mass is 16.5. The molecule has 0 aromatic rings. The van der Waals surface area contributed by atoms with E-state index in [1.165, 1.54) is 12.8 Å². The smallest absolute Gasteiger partial charge is 0.0788 e. The van der Waals surface area contributed by atoms with Gasteiger partial charge in [-0.05, 0) is 46.6 Å². The van der Waals surface area contributed by atoms with Crippen LogP contribution in [0.3, 0.4) is 0 Å². The van der Waals surface area contributed by atoms with Crippen LogP contribution in [0.2, 0.25) is 0 Å². The van der Waals surface area contributed by atoms with Crippen LogP contribution in [0, 0.1) is 0 Å². The Hall–Kier alpha value is -0.120. The molecule has 3 nitrogen and oxygen atoms in total. The third-order valence-electron chi connectivity index (χ3n) is 2.43. The van der Waals surface area contributed by atoms with Crippen LogP contribution in [0.15, 0.2) is 0 Å². The number of hydrogen-bond donors (Lipinski definition) is 2. The Morgan fingerprint density at radius 3 is 2.71 bits per heavy atom. The predicted molar refractivity (Wildman–Crippen MR) is 57.4 cm³/mol. The van der Waals surface area contributed by atoms with Crippen molar-refractivity contribution < 1.29 is 9.84 Å². The molecule has 0 aliphatic carbocycles. The third-order valence-corrected chi connectivity index (χ3v) is 2.43. The van der Waals surface area contributed by atoms with E-state index in [9.17, 15) is 5.11 Å². The number of hydrogen-bond acceptors (Lipinski definition) is 3. The summed E-state index contributed by atoms with van der Waals surface area (Å²) in [7, 11) is 0. The Bertz CT molecular complexity index is 159. The third kappa shape index (κ3) is 4.94. The fourth-order valence-electron chi connectivity index (χ4n) is 1.70. The molecule has 3 heteroatoms. The average molecular weight is 201 g/mol. The first-order valence-corrected chi connectivity index (χ1v) is 5.53. The van der Waals surface area contributed by atoms with E-state index in [4.69, 9.17) is 4.74 Å². The standard InChI is InChI=1S/C11H23NO2/c1-11(2,3)14-8-10(13)7-9-5-4-6-12-9/h9-10,12-13H,4-8H2,1-3H3/t9?,10-/m0/s1. The Balaban J connectivity index is 2.12. The largest absolute Gasteiger partial charge is 0.391 e. The van der Waals surface area contributed by atoms with Gasteiger partial charge in [0.2, 0.25) is 0 Å². The molecule has 0 bridgehead atoms. The molecule has 14 heavy (non-hydrogen) atoms. The van der Waals surface area contributed by atoms with Crippen molar-refractivity contribution in [1.29, 1.82) is 0 Å². The number of nitrogens with one attached hydrogen (secondary N) is 1. The topological polar surface area (TPSA) is 41.5 Å². The lowest BCUT2D eigenvalue weighted by Crippen LogP contribution is -2.32. The van der Waals surface area contributed by atoms with Crippen molar-refractivity contribution in [3.05, 3.63) is 0 Å². The van der Waals surface area contributed by atoms with E-state index in [0.717, 1.165) is 13.0 Å². The zero-order chi connectivity index (χ0) is 10.6. The van der Waals surface area contributed by atoms with Gasteiger partial charge in [-0.1, -0.05) is 0 Å². The summed E-state index contributed by atoms with van der Waals surface area (Å²) in [5, 5.41) is 13.1. The quantitative estimate of drug-likeness (QED) is 0.720. The number of ether oxygens (including phenoxy) is 1. The van der Waals surface area contributed by atoms with E-state index in [2.05, 4.69) is 5.32 Å². The summed E-state index contributed by atoms with van der Waals surface area (Å²) >= 11 is 0. The minimum absolute atomic E-state index is 0.149. The van der Waals surface area contributed by atoms with Gasteiger partial charge in [0.15, 0.2) is 0 Å². The maximum absolute atomic E-state index is 9.71. The molecular formula is C11H23NO2. The zero-order valence-corrected chi connectivity index (χ0v) is 9.55. The van der Waals surface area contributed by atoms with Gasteiger partial charge < -0.3 is 15.2 Å². The maximum atomic E-state index is 9.71. The molecule has 0 amide bonds. The van der Waals surface area contributed by atoms with Crippen molar-refractivity contribution >= 4 is 0 Å². The lowest BCUT2D eigenvalue weighted by atomic mass is 10.1. The van der Waals surface area contributed by atoms with Crippen molar-refractivity contribution in [2.75, 3.05) is 13.2 Å². The van der Waals surface area contributed by atoms with Gasteiger partial charge >= 0.3 is 0 Å². The van der Waals surface area contributed by atoms with E-state index in [1.54, 1.807) is 0 Å². The summed E-state index contributed by atoms with van der Waals surface area (Å²) in [6.07, 6.45) is 2.91. The van der Waals surface area contributed by atoms with E-state index in [-0.39, 0.29) is 11.7 Å². The van der Waals surface area contributed by atoms with Crippen molar-refractivity contribution in [2.24, 2.45) is 0 Å². The van der Waals surface area contributed by atoms with Crippen molar-refractivity contribution in [1.82, 2.24) is 5.32 Å². The maximum Gasteiger partial charge on any atom is 0.0788 e.